The predicted molar refractivity (Wildman–Crippen MR) is 43.5 cm³/mol. The molecule has 1 aromatic heterocycles. The van der Waals surface area contributed by atoms with Crippen LogP contribution in [0.4, 0.5) is 13.2 Å². The van der Waals surface area contributed by atoms with Crippen molar-refractivity contribution in [3.63, 3.8) is 0 Å². The number of rotatable bonds is 3. The van der Waals surface area contributed by atoms with Crippen LogP contribution in [0.3, 0.4) is 0 Å². The first-order valence-electron chi connectivity index (χ1n) is 3.96. The van der Waals surface area contributed by atoms with Crippen molar-refractivity contribution in [2.75, 3.05) is 6.54 Å². The van der Waals surface area contributed by atoms with E-state index in [2.05, 4.69) is 0 Å². The molecule has 0 radical (unpaired) electrons. The number of hydrogen-bond donors (Lipinski definition) is 1. The second-order valence-corrected chi connectivity index (χ2v) is 2.67. The standard InChI is InChI=1S/C8H9F3N2O/c9-8(10,11)7(14)12-3-6-13-4-1-2-5-13/h1-2,4-5H,3,6H2,(H,12,14). The quantitative estimate of drug-likeness (QED) is 0.791. The molecule has 1 heterocycles. The first-order chi connectivity index (χ1) is 6.50. The van der Waals surface area contributed by atoms with E-state index in [0.717, 1.165) is 0 Å². The Morgan fingerprint density at radius 1 is 1.29 bits per heavy atom. The summed E-state index contributed by atoms with van der Waals surface area (Å²) >= 11 is 0. The number of carbonyl (C=O) groups excluding carboxylic acids is 1. The summed E-state index contributed by atoms with van der Waals surface area (Å²) < 4.78 is 36.8. The van der Waals surface area contributed by atoms with E-state index in [0.29, 0.717) is 6.54 Å². The number of aromatic nitrogens is 1. The van der Waals surface area contributed by atoms with Crippen LogP contribution in [-0.2, 0) is 11.3 Å². The van der Waals surface area contributed by atoms with E-state index in [1.165, 1.54) is 0 Å². The topological polar surface area (TPSA) is 34.0 Å². The van der Waals surface area contributed by atoms with Gasteiger partial charge in [-0.15, -0.1) is 0 Å². The van der Waals surface area contributed by atoms with Crippen LogP contribution in [0.1, 0.15) is 0 Å². The molecule has 0 atom stereocenters. The molecule has 0 aromatic carbocycles. The molecular formula is C8H9F3N2O. The van der Waals surface area contributed by atoms with Crippen LogP contribution in [0, 0.1) is 0 Å². The number of nitrogens with one attached hydrogen (secondary N) is 1. The largest absolute Gasteiger partial charge is 0.471 e. The molecule has 6 heteroatoms. The molecule has 0 unspecified atom stereocenters. The maximum absolute atomic E-state index is 11.7. The summed E-state index contributed by atoms with van der Waals surface area (Å²) in [6.45, 7) is 0.293. The minimum Gasteiger partial charge on any atom is -0.353 e. The highest BCUT2D eigenvalue weighted by molar-refractivity contribution is 5.81. The van der Waals surface area contributed by atoms with E-state index in [-0.39, 0.29) is 6.54 Å². The zero-order valence-corrected chi connectivity index (χ0v) is 7.21. The average Bonchev–Trinajstić information content (AvgIpc) is 2.55. The fourth-order valence-corrected chi connectivity index (χ4v) is 0.918. The van der Waals surface area contributed by atoms with Crippen LogP contribution in [0.2, 0.25) is 0 Å². The molecule has 0 saturated carbocycles. The highest BCUT2D eigenvalue weighted by Crippen LogP contribution is 2.13. The van der Waals surface area contributed by atoms with Gasteiger partial charge in [0, 0.05) is 25.5 Å². The SMILES string of the molecule is O=C(NCCn1cccc1)C(F)(F)F. The molecule has 0 aliphatic heterocycles. The maximum Gasteiger partial charge on any atom is 0.471 e. The normalized spacial score (nSPS) is 11.4. The van der Waals surface area contributed by atoms with Gasteiger partial charge in [0.2, 0.25) is 0 Å². The fraction of sp³-hybridized carbons (Fsp3) is 0.375. The van der Waals surface area contributed by atoms with Gasteiger partial charge in [0.15, 0.2) is 0 Å². The Kier molecular flexibility index (Phi) is 3.16. The van der Waals surface area contributed by atoms with Gasteiger partial charge in [-0.05, 0) is 12.1 Å². The number of alkyl halides is 3. The Morgan fingerprint density at radius 3 is 2.36 bits per heavy atom. The smallest absolute Gasteiger partial charge is 0.353 e. The third-order valence-corrected chi connectivity index (χ3v) is 1.58. The van der Waals surface area contributed by atoms with Gasteiger partial charge >= 0.3 is 12.1 Å². The van der Waals surface area contributed by atoms with Crippen LogP contribution in [0.5, 0.6) is 0 Å². The third-order valence-electron chi connectivity index (χ3n) is 1.58. The minimum atomic E-state index is -4.79. The number of amides is 1. The average molecular weight is 206 g/mol. The Morgan fingerprint density at radius 2 is 1.86 bits per heavy atom. The van der Waals surface area contributed by atoms with E-state index in [1.807, 2.05) is 0 Å². The van der Waals surface area contributed by atoms with Crippen molar-refractivity contribution >= 4 is 5.91 Å². The van der Waals surface area contributed by atoms with Crippen molar-refractivity contribution in [3.8, 4) is 0 Å². The molecule has 1 N–H and O–H groups in total. The summed E-state index contributed by atoms with van der Waals surface area (Å²) in [5, 5.41) is 1.78. The van der Waals surface area contributed by atoms with Crippen LogP contribution >= 0.6 is 0 Å². The first kappa shape index (κ1) is 10.6. The van der Waals surface area contributed by atoms with E-state index in [4.69, 9.17) is 0 Å². The summed E-state index contributed by atoms with van der Waals surface area (Å²) in [5.41, 5.74) is 0. The predicted octanol–water partition coefficient (Wildman–Crippen LogP) is 1.17. The van der Waals surface area contributed by atoms with Gasteiger partial charge in [-0.25, -0.2) is 0 Å². The van der Waals surface area contributed by atoms with Crippen molar-refractivity contribution in [1.29, 1.82) is 0 Å². The van der Waals surface area contributed by atoms with Crippen molar-refractivity contribution in [1.82, 2.24) is 9.88 Å². The lowest BCUT2D eigenvalue weighted by atomic mass is 10.5. The number of carbonyl (C=O) groups is 1. The van der Waals surface area contributed by atoms with Crippen molar-refractivity contribution < 1.29 is 18.0 Å². The lowest BCUT2D eigenvalue weighted by Gasteiger charge is -2.07. The molecule has 14 heavy (non-hydrogen) atoms. The maximum atomic E-state index is 11.7. The molecule has 0 saturated heterocycles. The van der Waals surface area contributed by atoms with Crippen LogP contribution in [0.15, 0.2) is 24.5 Å². The van der Waals surface area contributed by atoms with Crippen LogP contribution < -0.4 is 5.32 Å². The van der Waals surface area contributed by atoms with E-state index >= 15 is 0 Å². The Labute approximate surface area is 78.5 Å². The van der Waals surface area contributed by atoms with Gasteiger partial charge in [-0.3, -0.25) is 4.79 Å². The van der Waals surface area contributed by atoms with E-state index < -0.39 is 12.1 Å². The highest BCUT2D eigenvalue weighted by Gasteiger charge is 2.38. The highest BCUT2D eigenvalue weighted by atomic mass is 19.4. The number of nitrogens with zero attached hydrogens (tertiary/aromatic N) is 1. The van der Waals surface area contributed by atoms with Gasteiger partial charge < -0.3 is 9.88 Å². The molecule has 1 amide bonds. The van der Waals surface area contributed by atoms with Gasteiger partial charge in [0.25, 0.3) is 0 Å². The van der Waals surface area contributed by atoms with Gasteiger partial charge in [0.05, 0.1) is 0 Å². The van der Waals surface area contributed by atoms with Gasteiger partial charge in [-0.2, -0.15) is 13.2 Å². The van der Waals surface area contributed by atoms with Crippen LogP contribution in [-0.4, -0.2) is 23.2 Å². The Hall–Kier alpha value is -1.46. The molecule has 0 fully saturated rings. The van der Waals surface area contributed by atoms with Crippen molar-refractivity contribution in [2.24, 2.45) is 0 Å². The fourth-order valence-electron chi connectivity index (χ4n) is 0.918. The monoisotopic (exact) mass is 206 g/mol. The summed E-state index contributed by atoms with van der Waals surface area (Å²) in [7, 11) is 0. The Bertz CT molecular complexity index is 292. The van der Waals surface area contributed by atoms with Crippen molar-refractivity contribution in [3.05, 3.63) is 24.5 Å². The summed E-state index contributed by atoms with van der Waals surface area (Å²) in [5.74, 6) is -1.90. The summed E-state index contributed by atoms with van der Waals surface area (Å²) in [6.07, 6.45) is -1.38. The first-order valence-corrected chi connectivity index (χ1v) is 3.96. The molecule has 78 valence electrons. The molecule has 1 aromatic rings. The summed E-state index contributed by atoms with van der Waals surface area (Å²) in [6, 6.07) is 3.51. The van der Waals surface area contributed by atoms with E-state index in [1.54, 1.807) is 34.4 Å². The molecule has 1 rings (SSSR count). The number of halogens is 3. The van der Waals surface area contributed by atoms with Gasteiger partial charge in [-0.1, -0.05) is 0 Å². The molecule has 3 nitrogen and oxygen atoms in total. The molecular weight excluding hydrogens is 197 g/mol. The van der Waals surface area contributed by atoms with Crippen LogP contribution in [0.25, 0.3) is 0 Å². The lowest BCUT2D eigenvalue weighted by Crippen LogP contribution is -2.38. The zero-order chi connectivity index (χ0) is 10.6. The molecule has 0 aliphatic rings. The lowest BCUT2D eigenvalue weighted by molar-refractivity contribution is -0.173. The Balaban J connectivity index is 2.26. The molecule has 0 spiro atoms. The number of hydrogen-bond acceptors (Lipinski definition) is 1. The van der Waals surface area contributed by atoms with Crippen molar-refractivity contribution in [2.45, 2.75) is 12.7 Å². The summed E-state index contributed by atoms with van der Waals surface area (Å²) in [4.78, 5) is 10.3. The minimum absolute atomic E-state index is 0.0347. The second-order valence-electron chi connectivity index (χ2n) is 2.67. The van der Waals surface area contributed by atoms with E-state index in [9.17, 15) is 18.0 Å². The third kappa shape index (κ3) is 3.12. The second kappa shape index (κ2) is 4.17. The van der Waals surface area contributed by atoms with Gasteiger partial charge in [0.1, 0.15) is 0 Å². The molecule has 0 bridgehead atoms. The zero-order valence-electron chi connectivity index (χ0n) is 7.21. The molecule has 0 aliphatic carbocycles.